The molecule has 19 heavy (non-hydrogen) atoms. The number of carbonyl (C=O) groups excluding carboxylic acids is 1. The third kappa shape index (κ3) is 3.41. The molecular formula is C12H17N3O4. The molecule has 2 N–H and O–H groups in total. The second-order valence-corrected chi connectivity index (χ2v) is 4.25. The van der Waals surface area contributed by atoms with Gasteiger partial charge in [-0.15, -0.1) is 0 Å². The summed E-state index contributed by atoms with van der Waals surface area (Å²) in [5, 5.41) is 10.8. The van der Waals surface area contributed by atoms with Crippen LogP contribution in [0.3, 0.4) is 0 Å². The molecule has 7 heteroatoms. The van der Waals surface area contributed by atoms with Gasteiger partial charge in [-0.05, 0) is 19.1 Å². The van der Waals surface area contributed by atoms with Crippen LogP contribution in [-0.4, -0.2) is 42.5 Å². The lowest BCUT2D eigenvalue weighted by Crippen LogP contribution is -2.37. The van der Waals surface area contributed by atoms with Gasteiger partial charge in [0, 0.05) is 25.8 Å². The number of nitrogens with zero attached hydrogens (tertiary/aromatic N) is 2. The Morgan fingerprint density at radius 3 is 2.74 bits per heavy atom. The van der Waals surface area contributed by atoms with E-state index in [0.29, 0.717) is 6.61 Å². The van der Waals surface area contributed by atoms with Crippen molar-refractivity contribution in [1.29, 1.82) is 0 Å². The number of hydrogen-bond donors (Lipinski definition) is 1. The molecule has 0 saturated carbocycles. The molecule has 0 saturated heterocycles. The Hall–Kier alpha value is -2.15. The maximum absolute atomic E-state index is 12.2. The van der Waals surface area contributed by atoms with Gasteiger partial charge < -0.3 is 15.4 Å². The number of nitrogen functional groups attached to an aromatic ring is 1. The van der Waals surface area contributed by atoms with Crippen molar-refractivity contribution in [2.45, 2.75) is 13.0 Å². The van der Waals surface area contributed by atoms with Crippen LogP contribution in [0.1, 0.15) is 17.3 Å². The third-order valence-electron chi connectivity index (χ3n) is 2.86. The van der Waals surface area contributed by atoms with Gasteiger partial charge >= 0.3 is 0 Å². The fourth-order valence-electron chi connectivity index (χ4n) is 1.59. The molecule has 0 radical (unpaired) electrons. The van der Waals surface area contributed by atoms with Crippen molar-refractivity contribution in [3.63, 3.8) is 0 Å². The number of nitrogens with two attached hydrogens (primary N) is 1. The molecule has 1 atom stereocenters. The maximum atomic E-state index is 12.2. The number of benzene rings is 1. The Kier molecular flexibility index (Phi) is 4.82. The summed E-state index contributed by atoms with van der Waals surface area (Å²) in [6, 6.07) is 3.89. The van der Waals surface area contributed by atoms with Crippen molar-refractivity contribution in [2.75, 3.05) is 26.5 Å². The monoisotopic (exact) mass is 267 g/mol. The quantitative estimate of drug-likeness (QED) is 0.492. The fraction of sp³-hybridized carbons (Fsp3) is 0.417. The second kappa shape index (κ2) is 6.14. The van der Waals surface area contributed by atoms with Gasteiger partial charge in [-0.2, -0.15) is 0 Å². The predicted molar refractivity (Wildman–Crippen MR) is 70.9 cm³/mol. The maximum Gasteiger partial charge on any atom is 0.292 e. The van der Waals surface area contributed by atoms with Gasteiger partial charge in [-0.3, -0.25) is 14.9 Å². The summed E-state index contributed by atoms with van der Waals surface area (Å²) in [5.74, 6) is -0.312. The molecule has 1 rings (SSSR count). The van der Waals surface area contributed by atoms with Crippen LogP contribution in [0.4, 0.5) is 11.4 Å². The van der Waals surface area contributed by atoms with Gasteiger partial charge in [0.15, 0.2) is 0 Å². The average molecular weight is 267 g/mol. The van der Waals surface area contributed by atoms with E-state index < -0.39 is 4.92 Å². The minimum Gasteiger partial charge on any atom is -0.393 e. The zero-order chi connectivity index (χ0) is 14.6. The number of nitro groups is 1. The minimum absolute atomic E-state index is 0.0362. The first-order valence-electron chi connectivity index (χ1n) is 5.68. The highest BCUT2D eigenvalue weighted by Crippen LogP contribution is 2.23. The highest BCUT2D eigenvalue weighted by molar-refractivity contribution is 5.95. The molecule has 0 fully saturated rings. The summed E-state index contributed by atoms with van der Waals surface area (Å²) in [6.45, 7) is 2.21. The SMILES string of the molecule is COCC(C)N(C)C(=O)c1ccc(N)c([N+](=O)[O-])c1. The molecule has 0 aromatic heterocycles. The summed E-state index contributed by atoms with van der Waals surface area (Å²) in [7, 11) is 3.16. The molecule has 7 nitrogen and oxygen atoms in total. The number of ether oxygens (including phenoxy) is 1. The van der Waals surface area contributed by atoms with Crippen molar-refractivity contribution in [3.05, 3.63) is 33.9 Å². The lowest BCUT2D eigenvalue weighted by atomic mass is 10.1. The van der Waals surface area contributed by atoms with E-state index in [4.69, 9.17) is 10.5 Å². The predicted octanol–water partition coefficient (Wildman–Crippen LogP) is 1.28. The van der Waals surface area contributed by atoms with E-state index in [1.165, 1.54) is 23.1 Å². The number of rotatable bonds is 5. The first-order valence-corrected chi connectivity index (χ1v) is 5.68. The molecule has 1 amide bonds. The number of methoxy groups -OCH3 is 1. The Balaban J connectivity index is 3.00. The smallest absolute Gasteiger partial charge is 0.292 e. The molecule has 0 spiro atoms. The molecule has 104 valence electrons. The summed E-state index contributed by atoms with van der Waals surface area (Å²) >= 11 is 0. The number of carbonyl (C=O) groups is 1. The Morgan fingerprint density at radius 2 is 2.21 bits per heavy atom. The molecule has 1 unspecified atom stereocenters. The van der Waals surface area contributed by atoms with Crippen LogP contribution >= 0.6 is 0 Å². The van der Waals surface area contributed by atoms with Crippen LogP contribution in [-0.2, 0) is 4.74 Å². The van der Waals surface area contributed by atoms with Gasteiger partial charge in [-0.1, -0.05) is 0 Å². The molecule has 1 aromatic carbocycles. The third-order valence-corrected chi connectivity index (χ3v) is 2.86. The molecule has 1 aromatic rings. The van der Waals surface area contributed by atoms with Crippen LogP contribution < -0.4 is 5.73 Å². The Labute approximate surface area is 111 Å². The van der Waals surface area contributed by atoms with Crippen LogP contribution in [0, 0.1) is 10.1 Å². The molecular weight excluding hydrogens is 250 g/mol. The lowest BCUT2D eigenvalue weighted by molar-refractivity contribution is -0.383. The highest BCUT2D eigenvalue weighted by atomic mass is 16.6. The van der Waals surface area contributed by atoms with E-state index in [1.54, 1.807) is 14.2 Å². The topological polar surface area (TPSA) is 98.7 Å². The van der Waals surface area contributed by atoms with Crippen LogP contribution in [0.2, 0.25) is 0 Å². The van der Waals surface area contributed by atoms with Crippen molar-refractivity contribution >= 4 is 17.3 Å². The van der Waals surface area contributed by atoms with Crippen molar-refractivity contribution in [3.8, 4) is 0 Å². The van der Waals surface area contributed by atoms with E-state index in [2.05, 4.69) is 0 Å². The minimum atomic E-state index is -0.606. The number of hydrogen-bond acceptors (Lipinski definition) is 5. The van der Waals surface area contributed by atoms with E-state index in [1.807, 2.05) is 6.92 Å². The van der Waals surface area contributed by atoms with Crippen molar-refractivity contribution in [2.24, 2.45) is 0 Å². The Bertz CT molecular complexity index is 490. The molecule has 0 aliphatic carbocycles. The van der Waals surface area contributed by atoms with Gasteiger partial charge in [0.1, 0.15) is 5.69 Å². The number of anilines is 1. The Morgan fingerprint density at radius 1 is 1.58 bits per heavy atom. The lowest BCUT2D eigenvalue weighted by Gasteiger charge is -2.24. The first-order chi connectivity index (χ1) is 8.88. The summed E-state index contributed by atoms with van der Waals surface area (Å²) in [4.78, 5) is 23.8. The number of likely N-dealkylation sites (N-methyl/N-ethyl adjacent to an activating group) is 1. The van der Waals surface area contributed by atoms with E-state index >= 15 is 0 Å². The van der Waals surface area contributed by atoms with Crippen molar-refractivity contribution in [1.82, 2.24) is 4.90 Å². The van der Waals surface area contributed by atoms with Gasteiger partial charge in [0.25, 0.3) is 11.6 Å². The summed E-state index contributed by atoms with van der Waals surface area (Å²) in [6.07, 6.45) is 0. The van der Waals surface area contributed by atoms with E-state index in [9.17, 15) is 14.9 Å². The molecule has 0 heterocycles. The van der Waals surface area contributed by atoms with Crippen LogP contribution in [0.5, 0.6) is 0 Å². The van der Waals surface area contributed by atoms with Crippen molar-refractivity contribution < 1.29 is 14.5 Å². The zero-order valence-electron chi connectivity index (χ0n) is 11.1. The zero-order valence-corrected chi connectivity index (χ0v) is 11.1. The number of nitro benzene ring substituents is 1. The van der Waals surface area contributed by atoms with Gasteiger partial charge in [0.05, 0.1) is 17.6 Å². The van der Waals surface area contributed by atoms with E-state index in [0.717, 1.165) is 0 Å². The highest BCUT2D eigenvalue weighted by Gasteiger charge is 2.21. The van der Waals surface area contributed by atoms with Gasteiger partial charge in [-0.25, -0.2) is 0 Å². The fourth-order valence-corrected chi connectivity index (χ4v) is 1.59. The normalized spacial score (nSPS) is 11.9. The second-order valence-electron chi connectivity index (χ2n) is 4.25. The average Bonchev–Trinajstić information content (AvgIpc) is 2.37. The van der Waals surface area contributed by atoms with E-state index in [-0.39, 0.29) is 28.9 Å². The molecule has 0 aliphatic rings. The van der Waals surface area contributed by atoms with Crippen LogP contribution in [0.15, 0.2) is 18.2 Å². The standard InChI is InChI=1S/C12H17N3O4/c1-8(7-19-3)14(2)12(16)9-4-5-10(13)11(6-9)15(17)18/h4-6,8H,7,13H2,1-3H3. The van der Waals surface area contributed by atoms with Crippen LogP contribution in [0.25, 0.3) is 0 Å². The molecule has 0 aliphatic heterocycles. The molecule has 0 bridgehead atoms. The largest absolute Gasteiger partial charge is 0.393 e. The summed E-state index contributed by atoms with van der Waals surface area (Å²) in [5.41, 5.74) is 5.49. The first kappa shape index (κ1) is 14.9. The van der Waals surface area contributed by atoms with Gasteiger partial charge in [0.2, 0.25) is 0 Å². The number of amides is 1. The summed E-state index contributed by atoms with van der Waals surface area (Å²) < 4.78 is 4.97.